The third-order valence-electron chi connectivity index (χ3n) is 11.2. The van der Waals surface area contributed by atoms with Crippen LogP contribution in [0.25, 0.3) is 0 Å². The topological polar surface area (TPSA) is 121 Å². The van der Waals surface area contributed by atoms with Gasteiger partial charge < -0.3 is 30.0 Å². The Labute approximate surface area is 362 Å². The summed E-state index contributed by atoms with van der Waals surface area (Å²) in [6, 6.07) is 7.23. The summed E-state index contributed by atoms with van der Waals surface area (Å²) in [4.78, 5) is 22.8. The van der Waals surface area contributed by atoms with Crippen LogP contribution < -0.4 is 10.2 Å². The first-order valence-electron chi connectivity index (χ1n) is 23.3. The number of carbonyl (C=O) groups is 2. The minimum Gasteiger partial charge on any atom is -0.545 e. The fourth-order valence-electron chi connectivity index (χ4n) is 7.62. The van der Waals surface area contributed by atoms with E-state index in [1.165, 1.54) is 141 Å². The van der Waals surface area contributed by atoms with Crippen LogP contribution in [0.15, 0.2) is 24.3 Å². The Balaban J connectivity index is 0.00000108. The molecule has 2 rings (SSSR count). The summed E-state index contributed by atoms with van der Waals surface area (Å²) >= 11 is 0. The molecular formula is C50H82O6Zn. The van der Waals surface area contributed by atoms with E-state index < -0.39 is 11.9 Å². The molecule has 2 aromatic rings. The normalized spacial score (nSPS) is 10.9. The smallest absolute Gasteiger partial charge is 0.545 e. The predicted octanol–water partition coefficient (Wildman–Crippen LogP) is 12.7. The van der Waals surface area contributed by atoms with Gasteiger partial charge in [0.2, 0.25) is 0 Å². The number of rotatable bonds is 34. The molecule has 2 N–H and O–H groups in total. The van der Waals surface area contributed by atoms with Gasteiger partial charge in [0, 0.05) is 11.1 Å². The molecule has 320 valence electrons. The number of aromatic carboxylic acids is 2. The molecule has 0 atom stereocenters. The summed E-state index contributed by atoms with van der Waals surface area (Å²) in [5, 5.41) is 43.5. The number of benzene rings is 2. The van der Waals surface area contributed by atoms with Gasteiger partial charge in [0.05, 0.1) is 11.9 Å². The van der Waals surface area contributed by atoms with Crippen molar-refractivity contribution in [2.75, 3.05) is 0 Å². The standard InChI is InChI=1S/2C25H42O3.Zn/c2*1-3-5-7-9-11-13-15-17-21-19-22(24(26)23(20-21)25(27)28)18-16-14-12-10-8-6-4-2;/h2*19-20,26H,3-18H2,1-2H3,(H,27,28);/q;;+2/p-2. The number of carboxylic acid groups (broad SMARTS) is 2. The van der Waals surface area contributed by atoms with Crippen molar-refractivity contribution in [2.24, 2.45) is 0 Å². The molecule has 0 aromatic heterocycles. The van der Waals surface area contributed by atoms with Crippen molar-refractivity contribution in [3.8, 4) is 11.5 Å². The first-order valence-corrected chi connectivity index (χ1v) is 23.3. The molecule has 57 heavy (non-hydrogen) atoms. The predicted molar refractivity (Wildman–Crippen MR) is 232 cm³/mol. The van der Waals surface area contributed by atoms with Gasteiger partial charge >= 0.3 is 19.5 Å². The van der Waals surface area contributed by atoms with Crippen LogP contribution >= 0.6 is 0 Å². The second kappa shape index (κ2) is 36.7. The molecule has 0 aliphatic carbocycles. The van der Waals surface area contributed by atoms with Crippen molar-refractivity contribution in [1.29, 1.82) is 0 Å². The first-order chi connectivity index (χ1) is 27.2. The molecule has 7 heteroatoms. The van der Waals surface area contributed by atoms with E-state index in [4.69, 9.17) is 0 Å². The molecule has 0 amide bonds. The zero-order chi connectivity index (χ0) is 41.2. The Bertz CT molecular complexity index is 1210. The van der Waals surface area contributed by atoms with Gasteiger partial charge in [0.1, 0.15) is 11.5 Å². The second-order valence-electron chi connectivity index (χ2n) is 16.4. The van der Waals surface area contributed by atoms with Gasteiger partial charge in [-0.2, -0.15) is 0 Å². The molecule has 0 aliphatic rings. The SMILES string of the molecule is CCCCCCCCCc1cc(CCCCCCCCC)c(O)c(C(=O)[O-])c1.CCCCCCCCCc1cc(CCCCCCCCC)c(O)c(C(=O)[O-])c1.[Zn+2]. The molecule has 0 fully saturated rings. The van der Waals surface area contributed by atoms with Gasteiger partial charge in [0.15, 0.2) is 0 Å². The number of carbonyl (C=O) groups excluding carboxylic acids is 2. The van der Waals surface area contributed by atoms with Crippen LogP contribution in [0.5, 0.6) is 11.5 Å². The van der Waals surface area contributed by atoms with E-state index in [9.17, 15) is 30.0 Å². The summed E-state index contributed by atoms with van der Waals surface area (Å²) in [6.07, 6.45) is 37.5. The van der Waals surface area contributed by atoms with Gasteiger partial charge in [-0.05, 0) is 85.8 Å². The molecular weight excluding hydrogens is 762 g/mol. The van der Waals surface area contributed by atoms with Crippen LogP contribution in [-0.2, 0) is 45.2 Å². The maximum atomic E-state index is 11.4. The van der Waals surface area contributed by atoms with Crippen LogP contribution in [0.4, 0.5) is 0 Å². The molecule has 0 heterocycles. The van der Waals surface area contributed by atoms with Crippen molar-refractivity contribution in [3.63, 3.8) is 0 Å². The summed E-state index contributed by atoms with van der Waals surface area (Å²) in [6.45, 7) is 8.89. The number of hydrogen-bond acceptors (Lipinski definition) is 6. The van der Waals surface area contributed by atoms with Crippen LogP contribution in [0.1, 0.15) is 250 Å². The van der Waals surface area contributed by atoms with E-state index in [1.807, 2.05) is 12.1 Å². The zero-order valence-electron chi connectivity index (χ0n) is 37.2. The van der Waals surface area contributed by atoms with Crippen molar-refractivity contribution < 1.29 is 49.5 Å². The van der Waals surface area contributed by atoms with Crippen molar-refractivity contribution in [3.05, 3.63) is 57.6 Å². The van der Waals surface area contributed by atoms with E-state index in [0.29, 0.717) is 0 Å². The fourth-order valence-corrected chi connectivity index (χ4v) is 7.62. The third kappa shape index (κ3) is 26.3. The van der Waals surface area contributed by atoms with Crippen LogP contribution in [0.3, 0.4) is 0 Å². The Kier molecular flexibility index (Phi) is 35.1. The van der Waals surface area contributed by atoms with Crippen LogP contribution in [-0.4, -0.2) is 22.2 Å². The van der Waals surface area contributed by atoms with Gasteiger partial charge in [-0.1, -0.05) is 194 Å². The third-order valence-corrected chi connectivity index (χ3v) is 11.2. The Morgan fingerprint density at radius 3 is 0.860 bits per heavy atom. The maximum Gasteiger partial charge on any atom is 2.00 e. The van der Waals surface area contributed by atoms with Gasteiger partial charge in [0.25, 0.3) is 0 Å². The molecule has 0 saturated heterocycles. The van der Waals surface area contributed by atoms with Gasteiger partial charge in [-0.25, -0.2) is 0 Å². The van der Waals surface area contributed by atoms with Gasteiger partial charge in [-0.15, -0.1) is 0 Å². The summed E-state index contributed by atoms with van der Waals surface area (Å²) in [5.74, 6) is -2.73. The van der Waals surface area contributed by atoms with E-state index in [-0.39, 0.29) is 42.1 Å². The number of unbranched alkanes of at least 4 members (excludes halogenated alkanes) is 24. The molecule has 0 spiro atoms. The van der Waals surface area contributed by atoms with Gasteiger partial charge in [-0.3, -0.25) is 0 Å². The monoisotopic (exact) mass is 843 g/mol. The van der Waals surface area contributed by atoms with E-state index >= 15 is 0 Å². The molecule has 0 saturated carbocycles. The molecule has 6 nitrogen and oxygen atoms in total. The Morgan fingerprint density at radius 1 is 0.386 bits per heavy atom. The quantitative estimate of drug-likeness (QED) is 0.0535. The number of carboxylic acids is 2. The second-order valence-corrected chi connectivity index (χ2v) is 16.4. The Hall–Kier alpha value is -2.40. The molecule has 0 radical (unpaired) electrons. The average Bonchev–Trinajstić information content (AvgIpc) is 3.18. The number of aromatic hydroxyl groups is 2. The van der Waals surface area contributed by atoms with E-state index in [2.05, 4.69) is 27.7 Å². The number of hydrogen-bond donors (Lipinski definition) is 2. The first kappa shape index (κ1) is 54.6. The fraction of sp³-hybridized carbons (Fsp3) is 0.720. The summed E-state index contributed by atoms with van der Waals surface area (Å²) in [5.41, 5.74) is 3.49. The van der Waals surface area contributed by atoms with Crippen molar-refractivity contribution in [1.82, 2.24) is 0 Å². The number of phenols is 2. The van der Waals surface area contributed by atoms with Crippen LogP contribution in [0, 0.1) is 0 Å². The van der Waals surface area contributed by atoms with E-state index in [1.54, 1.807) is 12.1 Å². The zero-order valence-corrected chi connectivity index (χ0v) is 40.1. The van der Waals surface area contributed by atoms with Crippen LogP contribution in [0.2, 0.25) is 0 Å². The summed E-state index contributed by atoms with van der Waals surface area (Å²) < 4.78 is 0. The molecule has 2 aromatic carbocycles. The largest absolute Gasteiger partial charge is 2.00 e. The maximum absolute atomic E-state index is 11.4. The Morgan fingerprint density at radius 2 is 0.614 bits per heavy atom. The molecule has 0 bridgehead atoms. The van der Waals surface area contributed by atoms with E-state index in [0.717, 1.165) is 86.5 Å². The average molecular weight is 845 g/mol. The molecule has 0 aliphatic heterocycles. The van der Waals surface area contributed by atoms with Crippen molar-refractivity contribution >= 4 is 11.9 Å². The summed E-state index contributed by atoms with van der Waals surface area (Å²) in [7, 11) is 0. The minimum absolute atomic E-state index is 0. The minimum atomic E-state index is -1.28. The molecule has 0 unspecified atom stereocenters. The van der Waals surface area contributed by atoms with Crippen molar-refractivity contribution in [2.45, 2.75) is 233 Å². The number of aryl methyl sites for hydroxylation is 4.